The van der Waals surface area contributed by atoms with E-state index in [0.717, 1.165) is 11.3 Å². The normalized spacial score (nSPS) is 10.9. The first-order chi connectivity index (χ1) is 8.92. The SMILES string of the molecule is N#Cc1ccc(Br)cc1NS(=O)(=O)c1cc(N)cs1. The second-order valence-corrected chi connectivity index (χ2v) is 7.34. The van der Waals surface area contributed by atoms with E-state index in [1.165, 1.54) is 18.2 Å². The molecule has 0 amide bonds. The monoisotopic (exact) mass is 357 g/mol. The van der Waals surface area contributed by atoms with Crippen LogP contribution in [-0.4, -0.2) is 8.42 Å². The zero-order chi connectivity index (χ0) is 14.0. The molecule has 0 aliphatic heterocycles. The predicted molar refractivity (Wildman–Crippen MR) is 78.4 cm³/mol. The Morgan fingerprint density at radius 2 is 2.11 bits per heavy atom. The molecular formula is C11H8BrN3O2S2. The van der Waals surface area contributed by atoms with Gasteiger partial charge in [-0.2, -0.15) is 5.26 Å². The number of hydrogen-bond acceptors (Lipinski definition) is 5. The van der Waals surface area contributed by atoms with E-state index in [0.29, 0.717) is 10.2 Å². The molecule has 5 nitrogen and oxygen atoms in total. The summed E-state index contributed by atoms with van der Waals surface area (Å²) in [6, 6.07) is 8.04. The molecule has 0 spiro atoms. The summed E-state index contributed by atoms with van der Waals surface area (Å²) in [5.74, 6) is 0. The topological polar surface area (TPSA) is 96.0 Å². The fraction of sp³-hybridized carbons (Fsp3) is 0. The molecule has 8 heteroatoms. The molecule has 0 radical (unpaired) electrons. The van der Waals surface area contributed by atoms with Gasteiger partial charge >= 0.3 is 0 Å². The Balaban J connectivity index is 2.41. The summed E-state index contributed by atoms with van der Waals surface area (Å²) in [5.41, 5.74) is 6.37. The summed E-state index contributed by atoms with van der Waals surface area (Å²) in [6.07, 6.45) is 0. The lowest BCUT2D eigenvalue weighted by Crippen LogP contribution is -2.12. The summed E-state index contributed by atoms with van der Waals surface area (Å²) in [7, 11) is -3.73. The van der Waals surface area contributed by atoms with Crippen molar-refractivity contribution in [3.8, 4) is 6.07 Å². The summed E-state index contributed by atoms with van der Waals surface area (Å²) >= 11 is 4.26. The lowest BCUT2D eigenvalue weighted by Gasteiger charge is -2.08. The van der Waals surface area contributed by atoms with Crippen LogP contribution in [0.2, 0.25) is 0 Å². The standard InChI is InChI=1S/C11H8BrN3O2S2/c12-8-2-1-7(5-13)10(3-8)15-19(16,17)11-4-9(14)6-18-11/h1-4,6,15H,14H2. The molecule has 3 N–H and O–H groups in total. The molecule has 2 aromatic rings. The molecule has 0 bridgehead atoms. The van der Waals surface area contributed by atoms with Gasteiger partial charge in [-0.25, -0.2) is 8.42 Å². The molecule has 0 fully saturated rings. The number of nitriles is 1. The number of hydrogen-bond donors (Lipinski definition) is 2. The van der Waals surface area contributed by atoms with Gasteiger partial charge in [0.2, 0.25) is 0 Å². The van der Waals surface area contributed by atoms with Crippen LogP contribution in [0, 0.1) is 11.3 Å². The molecule has 98 valence electrons. The van der Waals surface area contributed by atoms with Crippen LogP contribution in [0.3, 0.4) is 0 Å². The Labute approximate surface area is 122 Å². The number of nitrogens with zero attached hydrogens (tertiary/aromatic N) is 1. The Bertz CT molecular complexity index is 762. The zero-order valence-corrected chi connectivity index (χ0v) is 12.6. The average molecular weight is 358 g/mol. The van der Waals surface area contributed by atoms with Crippen LogP contribution in [0.15, 0.2) is 38.3 Å². The average Bonchev–Trinajstić information content (AvgIpc) is 2.76. The molecule has 0 saturated heterocycles. The number of sulfonamides is 1. The quantitative estimate of drug-likeness (QED) is 0.882. The fourth-order valence-electron chi connectivity index (χ4n) is 1.36. The smallest absolute Gasteiger partial charge is 0.271 e. The van der Waals surface area contributed by atoms with E-state index in [4.69, 9.17) is 11.0 Å². The molecular weight excluding hydrogens is 350 g/mol. The maximum Gasteiger partial charge on any atom is 0.271 e. The molecule has 0 aliphatic carbocycles. The second kappa shape index (κ2) is 5.21. The van der Waals surface area contributed by atoms with Gasteiger partial charge in [0, 0.05) is 15.5 Å². The number of nitrogens with two attached hydrogens (primary N) is 1. The van der Waals surface area contributed by atoms with Crippen LogP contribution in [-0.2, 0) is 10.0 Å². The number of nitrogen functional groups attached to an aromatic ring is 1. The third-order valence-electron chi connectivity index (χ3n) is 2.21. The Kier molecular flexibility index (Phi) is 3.80. The molecule has 19 heavy (non-hydrogen) atoms. The highest BCUT2D eigenvalue weighted by Gasteiger charge is 2.18. The summed E-state index contributed by atoms with van der Waals surface area (Å²) in [4.78, 5) is 0. The van der Waals surface area contributed by atoms with E-state index in [-0.39, 0.29) is 15.5 Å². The highest BCUT2D eigenvalue weighted by atomic mass is 79.9. The van der Waals surface area contributed by atoms with Crippen molar-refractivity contribution in [3.05, 3.63) is 39.7 Å². The third kappa shape index (κ3) is 3.07. The van der Waals surface area contributed by atoms with Gasteiger partial charge in [-0.15, -0.1) is 11.3 Å². The molecule has 0 aliphatic rings. The first-order valence-electron chi connectivity index (χ1n) is 4.99. The number of anilines is 2. The van der Waals surface area contributed by atoms with E-state index >= 15 is 0 Å². The van der Waals surface area contributed by atoms with Gasteiger partial charge in [-0.3, -0.25) is 4.72 Å². The summed E-state index contributed by atoms with van der Waals surface area (Å²) in [5, 5.41) is 10.5. The van der Waals surface area contributed by atoms with Crippen LogP contribution < -0.4 is 10.5 Å². The van der Waals surface area contributed by atoms with Gasteiger partial charge in [0.15, 0.2) is 0 Å². The van der Waals surface area contributed by atoms with Crippen molar-refractivity contribution in [1.82, 2.24) is 0 Å². The molecule has 1 aromatic carbocycles. The van der Waals surface area contributed by atoms with E-state index in [2.05, 4.69) is 20.7 Å². The Morgan fingerprint density at radius 3 is 2.68 bits per heavy atom. The van der Waals surface area contributed by atoms with Crippen molar-refractivity contribution in [2.24, 2.45) is 0 Å². The van der Waals surface area contributed by atoms with Crippen molar-refractivity contribution < 1.29 is 8.42 Å². The number of rotatable bonds is 3. The maximum atomic E-state index is 12.1. The van der Waals surface area contributed by atoms with Crippen LogP contribution in [0.4, 0.5) is 11.4 Å². The van der Waals surface area contributed by atoms with Crippen LogP contribution >= 0.6 is 27.3 Å². The first kappa shape index (κ1) is 13.9. The van der Waals surface area contributed by atoms with Crippen molar-refractivity contribution >= 4 is 48.7 Å². The van der Waals surface area contributed by atoms with E-state index in [9.17, 15) is 8.42 Å². The highest BCUT2D eigenvalue weighted by molar-refractivity contribution is 9.10. The molecule has 0 atom stereocenters. The minimum Gasteiger partial charge on any atom is -0.398 e. The van der Waals surface area contributed by atoms with Gasteiger partial charge in [0.1, 0.15) is 10.3 Å². The van der Waals surface area contributed by atoms with Gasteiger partial charge in [0.25, 0.3) is 10.0 Å². The van der Waals surface area contributed by atoms with Crippen molar-refractivity contribution in [1.29, 1.82) is 5.26 Å². The minimum absolute atomic E-state index is 0.105. The molecule has 1 heterocycles. The minimum atomic E-state index is -3.73. The number of nitrogens with one attached hydrogen (secondary N) is 1. The van der Waals surface area contributed by atoms with E-state index in [1.54, 1.807) is 11.4 Å². The van der Waals surface area contributed by atoms with Gasteiger partial charge in [0.05, 0.1) is 11.3 Å². The maximum absolute atomic E-state index is 12.1. The van der Waals surface area contributed by atoms with Gasteiger partial charge in [-0.1, -0.05) is 15.9 Å². The second-order valence-electron chi connectivity index (χ2n) is 3.61. The van der Waals surface area contributed by atoms with Crippen molar-refractivity contribution in [3.63, 3.8) is 0 Å². The van der Waals surface area contributed by atoms with Gasteiger partial charge in [-0.05, 0) is 24.3 Å². The van der Waals surface area contributed by atoms with Crippen LogP contribution in [0.5, 0.6) is 0 Å². The zero-order valence-electron chi connectivity index (χ0n) is 9.42. The number of benzene rings is 1. The third-order valence-corrected chi connectivity index (χ3v) is 5.52. The molecule has 1 aromatic heterocycles. The number of thiophene rings is 1. The van der Waals surface area contributed by atoms with Crippen molar-refractivity contribution in [2.75, 3.05) is 10.5 Å². The highest BCUT2D eigenvalue weighted by Crippen LogP contribution is 2.27. The van der Waals surface area contributed by atoms with Gasteiger partial charge < -0.3 is 5.73 Å². The fourth-order valence-corrected chi connectivity index (χ4v) is 3.88. The van der Waals surface area contributed by atoms with Crippen LogP contribution in [0.1, 0.15) is 5.56 Å². The lowest BCUT2D eigenvalue weighted by atomic mass is 10.2. The largest absolute Gasteiger partial charge is 0.398 e. The van der Waals surface area contributed by atoms with E-state index < -0.39 is 10.0 Å². The summed E-state index contributed by atoms with van der Waals surface area (Å²) < 4.78 is 27.4. The van der Waals surface area contributed by atoms with Crippen molar-refractivity contribution in [2.45, 2.75) is 4.21 Å². The predicted octanol–water partition coefficient (Wildman–Crippen LogP) is 2.77. The Morgan fingerprint density at radius 1 is 1.37 bits per heavy atom. The first-order valence-corrected chi connectivity index (χ1v) is 8.14. The number of halogens is 1. The molecule has 0 unspecified atom stereocenters. The van der Waals surface area contributed by atoms with E-state index in [1.807, 2.05) is 6.07 Å². The Hall–Kier alpha value is -1.56. The molecule has 0 saturated carbocycles. The van der Waals surface area contributed by atoms with Crippen LogP contribution in [0.25, 0.3) is 0 Å². The summed E-state index contributed by atoms with van der Waals surface area (Å²) in [6.45, 7) is 0. The lowest BCUT2D eigenvalue weighted by molar-refractivity contribution is 0.603. The molecule has 2 rings (SSSR count).